The number of nitrogens with zero attached hydrogens (tertiary/aromatic N) is 3. The molecule has 1 atom stereocenters. The lowest BCUT2D eigenvalue weighted by molar-refractivity contribution is -0.133. The number of aliphatic imine (C=N–C) groups is 1. The third-order valence-corrected chi connectivity index (χ3v) is 4.52. The molecular formula is C20H42IN5O2. The van der Waals surface area contributed by atoms with Crippen molar-refractivity contribution in [2.24, 2.45) is 10.9 Å². The molecule has 0 aliphatic carbocycles. The summed E-state index contributed by atoms with van der Waals surface area (Å²) in [5.74, 6) is 1.68. The highest BCUT2D eigenvalue weighted by Crippen LogP contribution is 2.18. The van der Waals surface area contributed by atoms with E-state index in [-0.39, 0.29) is 35.9 Å². The molecule has 1 fully saturated rings. The van der Waals surface area contributed by atoms with Gasteiger partial charge in [-0.2, -0.15) is 0 Å². The van der Waals surface area contributed by atoms with Gasteiger partial charge < -0.3 is 20.3 Å². The maximum Gasteiger partial charge on any atom is 0.239 e. The van der Waals surface area contributed by atoms with Crippen LogP contribution in [0.4, 0.5) is 0 Å². The summed E-state index contributed by atoms with van der Waals surface area (Å²) in [5.41, 5.74) is 0. The minimum absolute atomic E-state index is 0. The molecule has 1 rings (SSSR count). The van der Waals surface area contributed by atoms with Gasteiger partial charge in [-0.15, -0.1) is 24.0 Å². The maximum atomic E-state index is 12.2. The Balaban J connectivity index is 0.00000729. The van der Waals surface area contributed by atoms with Crippen molar-refractivity contribution in [3.8, 4) is 0 Å². The van der Waals surface area contributed by atoms with Gasteiger partial charge in [0.1, 0.15) is 0 Å². The predicted octanol–water partition coefficient (Wildman–Crippen LogP) is 2.16. The van der Waals surface area contributed by atoms with Crippen LogP contribution in [0.3, 0.4) is 0 Å². The molecule has 0 spiro atoms. The number of rotatable bonds is 12. The number of likely N-dealkylation sites (N-methyl/N-ethyl adjacent to an activating group) is 1. The van der Waals surface area contributed by atoms with Gasteiger partial charge in [0.25, 0.3) is 0 Å². The van der Waals surface area contributed by atoms with E-state index in [4.69, 9.17) is 4.74 Å². The second kappa shape index (κ2) is 16.2. The Bertz CT molecular complexity index is 446. The number of carbonyl (C=O) groups excluding carboxylic acids is 1. The standard InChI is InChI=1S/C20H41N5O2.HI/c1-6-21-20(23-12-9-15-27-16-17(2)3)22-11-8-14-25-13-7-10-18(25)19(26)24(4)5;/h17-18H,6-16H2,1-5H3,(H2,21,22,23);1H. The number of hydrogen-bond acceptors (Lipinski definition) is 4. The number of hydrogen-bond donors (Lipinski definition) is 2. The van der Waals surface area contributed by atoms with E-state index in [2.05, 4.69) is 41.3 Å². The van der Waals surface area contributed by atoms with Crippen LogP contribution < -0.4 is 10.6 Å². The van der Waals surface area contributed by atoms with Gasteiger partial charge in [-0.25, -0.2) is 0 Å². The van der Waals surface area contributed by atoms with Crippen molar-refractivity contribution in [3.05, 3.63) is 0 Å². The summed E-state index contributed by atoms with van der Waals surface area (Å²) in [6, 6.07) is 0.0627. The Morgan fingerprint density at radius 3 is 2.68 bits per heavy atom. The molecule has 0 aromatic heterocycles. The van der Waals surface area contributed by atoms with Crippen LogP contribution in [0.25, 0.3) is 0 Å². The molecular weight excluding hydrogens is 469 g/mol. The molecule has 1 saturated heterocycles. The number of guanidine groups is 1. The minimum Gasteiger partial charge on any atom is -0.381 e. The summed E-state index contributed by atoms with van der Waals surface area (Å²) in [5, 5.41) is 6.68. The van der Waals surface area contributed by atoms with Crippen LogP contribution in [0.1, 0.15) is 46.5 Å². The van der Waals surface area contributed by atoms with Gasteiger partial charge in [-0.1, -0.05) is 13.8 Å². The molecule has 1 heterocycles. The SMILES string of the molecule is CCNC(=NCCCOCC(C)C)NCCCN1CCCC1C(=O)N(C)C.I. The first-order valence-corrected chi connectivity index (χ1v) is 10.5. The van der Waals surface area contributed by atoms with E-state index in [9.17, 15) is 4.79 Å². The van der Waals surface area contributed by atoms with Gasteiger partial charge in [-0.05, 0) is 45.1 Å². The van der Waals surface area contributed by atoms with Gasteiger partial charge in [0.2, 0.25) is 5.91 Å². The topological polar surface area (TPSA) is 69.2 Å². The number of carbonyl (C=O) groups is 1. The number of amides is 1. The number of ether oxygens (including phenoxy) is 1. The summed E-state index contributed by atoms with van der Waals surface area (Å²) in [4.78, 5) is 20.9. The van der Waals surface area contributed by atoms with Crippen LogP contribution in [0.2, 0.25) is 0 Å². The van der Waals surface area contributed by atoms with Crippen molar-refractivity contribution < 1.29 is 9.53 Å². The Morgan fingerprint density at radius 1 is 1.29 bits per heavy atom. The molecule has 0 saturated carbocycles. The number of likely N-dealkylation sites (tertiary alicyclic amines) is 1. The van der Waals surface area contributed by atoms with Crippen LogP contribution in [0, 0.1) is 5.92 Å². The smallest absolute Gasteiger partial charge is 0.239 e. The first-order valence-electron chi connectivity index (χ1n) is 10.5. The fourth-order valence-electron chi connectivity index (χ4n) is 3.18. The van der Waals surface area contributed by atoms with Gasteiger partial charge in [-0.3, -0.25) is 14.7 Å². The minimum atomic E-state index is 0. The Hall–Kier alpha value is -0.610. The summed E-state index contributed by atoms with van der Waals surface area (Å²) in [6.45, 7) is 12.4. The van der Waals surface area contributed by atoms with Gasteiger partial charge in [0.05, 0.1) is 6.04 Å². The predicted molar refractivity (Wildman–Crippen MR) is 128 cm³/mol. The van der Waals surface area contributed by atoms with Crippen LogP contribution in [0.15, 0.2) is 4.99 Å². The zero-order valence-corrected chi connectivity index (χ0v) is 20.8. The molecule has 1 amide bonds. The van der Waals surface area contributed by atoms with Gasteiger partial charge in [0, 0.05) is 53.5 Å². The van der Waals surface area contributed by atoms with Crippen molar-refractivity contribution in [3.63, 3.8) is 0 Å². The monoisotopic (exact) mass is 511 g/mol. The molecule has 0 radical (unpaired) electrons. The van der Waals surface area contributed by atoms with E-state index in [1.165, 1.54) is 0 Å². The Morgan fingerprint density at radius 2 is 2.04 bits per heavy atom. The molecule has 8 heteroatoms. The third-order valence-electron chi connectivity index (χ3n) is 4.52. The highest BCUT2D eigenvalue weighted by molar-refractivity contribution is 14.0. The Kier molecular flexibility index (Phi) is 15.9. The fraction of sp³-hybridized carbons (Fsp3) is 0.900. The van der Waals surface area contributed by atoms with Crippen molar-refractivity contribution in [1.82, 2.24) is 20.4 Å². The normalized spacial score (nSPS) is 17.5. The van der Waals surface area contributed by atoms with Gasteiger partial charge >= 0.3 is 0 Å². The number of halogens is 1. The molecule has 0 aromatic rings. The van der Waals surface area contributed by atoms with Crippen molar-refractivity contribution in [2.45, 2.75) is 52.5 Å². The summed E-state index contributed by atoms with van der Waals surface area (Å²) >= 11 is 0. The van der Waals surface area contributed by atoms with Crippen molar-refractivity contribution >= 4 is 35.8 Å². The summed E-state index contributed by atoms with van der Waals surface area (Å²) in [6.07, 6.45) is 4.03. The van der Waals surface area contributed by atoms with Crippen LogP contribution in [-0.4, -0.2) is 87.7 Å². The lowest BCUT2D eigenvalue weighted by atomic mass is 10.2. The van der Waals surface area contributed by atoms with Crippen LogP contribution >= 0.6 is 24.0 Å². The van der Waals surface area contributed by atoms with E-state index >= 15 is 0 Å². The molecule has 1 unspecified atom stereocenters. The highest BCUT2D eigenvalue weighted by Gasteiger charge is 2.30. The lowest BCUT2D eigenvalue weighted by Gasteiger charge is -2.26. The van der Waals surface area contributed by atoms with Crippen molar-refractivity contribution in [2.75, 3.05) is 60.0 Å². The molecule has 166 valence electrons. The largest absolute Gasteiger partial charge is 0.381 e. The Labute approximate surface area is 189 Å². The lowest BCUT2D eigenvalue weighted by Crippen LogP contribution is -2.44. The first kappa shape index (κ1) is 27.4. The molecule has 0 bridgehead atoms. The molecule has 1 aliphatic rings. The zero-order chi connectivity index (χ0) is 20.1. The molecule has 7 nitrogen and oxygen atoms in total. The highest BCUT2D eigenvalue weighted by atomic mass is 127. The van der Waals surface area contributed by atoms with E-state index in [1.54, 1.807) is 4.90 Å². The zero-order valence-electron chi connectivity index (χ0n) is 18.5. The third kappa shape index (κ3) is 11.4. The second-order valence-electron chi connectivity index (χ2n) is 7.79. The quantitative estimate of drug-likeness (QED) is 0.182. The van der Waals surface area contributed by atoms with Crippen molar-refractivity contribution in [1.29, 1.82) is 0 Å². The summed E-state index contributed by atoms with van der Waals surface area (Å²) < 4.78 is 5.59. The molecule has 1 aliphatic heterocycles. The van der Waals surface area contributed by atoms with E-state index in [1.807, 2.05) is 14.1 Å². The average molecular weight is 511 g/mol. The van der Waals surface area contributed by atoms with E-state index in [0.717, 1.165) is 77.6 Å². The second-order valence-corrected chi connectivity index (χ2v) is 7.79. The van der Waals surface area contributed by atoms with Crippen LogP contribution in [0.5, 0.6) is 0 Å². The average Bonchev–Trinajstić information content (AvgIpc) is 3.08. The molecule has 0 aromatic carbocycles. The number of nitrogens with one attached hydrogen (secondary N) is 2. The van der Waals surface area contributed by atoms with Gasteiger partial charge in [0.15, 0.2) is 5.96 Å². The molecule has 2 N–H and O–H groups in total. The fourth-order valence-corrected chi connectivity index (χ4v) is 3.18. The van der Waals surface area contributed by atoms with E-state index < -0.39 is 0 Å². The summed E-state index contributed by atoms with van der Waals surface area (Å²) in [7, 11) is 3.68. The first-order chi connectivity index (χ1) is 13.0. The van der Waals surface area contributed by atoms with Crippen LogP contribution in [-0.2, 0) is 9.53 Å². The van der Waals surface area contributed by atoms with E-state index in [0.29, 0.717) is 5.92 Å². The molecule has 28 heavy (non-hydrogen) atoms. The maximum absolute atomic E-state index is 12.2.